The van der Waals surface area contributed by atoms with E-state index in [9.17, 15) is 9.18 Å². The van der Waals surface area contributed by atoms with Crippen molar-refractivity contribution in [3.8, 4) is 0 Å². The number of hydrogen-bond donors (Lipinski definition) is 1. The molecule has 96 valence electrons. The van der Waals surface area contributed by atoms with Crippen LogP contribution in [0.2, 0.25) is 5.02 Å². The Kier molecular flexibility index (Phi) is 7.11. The fourth-order valence-electron chi connectivity index (χ4n) is 1.26. The van der Waals surface area contributed by atoms with E-state index in [4.69, 9.17) is 22.1 Å². The van der Waals surface area contributed by atoms with E-state index in [-0.39, 0.29) is 23.9 Å². The minimum Gasteiger partial charge on any atom is -0.466 e. The van der Waals surface area contributed by atoms with Crippen LogP contribution >= 0.6 is 24.0 Å². The van der Waals surface area contributed by atoms with Crippen molar-refractivity contribution >= 4 is 30.0 Å². The Morgan fingerprint density at radius 3 is 2.76 bits per heavy atom. The van der Waals surface area contributed by atoms with Crippen LogP contribution in [0.5, 0.6) is 0 Å². The van der Waals surface area contributed by atoms with Crippen LogP contribution in [-0.4, -0.2) is 12.6 Å². The first-order valence-corrected chi connectivity index (χ1v) is 5.28. The fourth-order valence-corrected chi connectivity index (χ4v) is 1.38. The van der Waals surface area contributed by atoms with Gasteiger partial charge in [0.05, 0.1) is 18.1 Å². The largest absolute Gasteiger partial charge is 0.466 e. The SMILES string of the molecule is CCOC(=O)C[C@H](N)c1ccc(Cl)c(F)c1.Cl. The third-order valence-electron chi connectivity index (χ3n) is 2.06. The molecule has 0 saturated carbocycles. The van der Waals surface area contributed by atoms with E-state index in [1.807, 2.05) is 0 Å². The Balaban J connectivity index is 0.00000256. The number of benzene rings is 1. The molecule has 0 unspecified atom stereocenters. The van der Waals surface area contributed by atoms with Crippen LogP contribution in [-0.2, 0) is 9.53 Å². The van der Waals surface area contributed by atoms with Gasteiger partial charge in [-0.2, -0.15) is 0 Å². The molecular weight excluding hydrogens is 268 g/mol. The quantitative estimate of drug-likeness (QED) is 0.864. The first-order chi connectivity index (χ1) is 7.54. The lowest BCUT2D eigenvalue weighted by atomic mass is 10.0. The van der Waals surface area contributed by atoms with Gasteiger partial charge in [-0.1, -0.05) is 17.7 Å². The van der Waals surface area contributed by atoms with Gasteiger partial charge in [-0.05, 0) is 24.6 Å². The van der Waals surface area contributed by atoms with E-state index in [0.717, 1.165) is 0 Å². The van der Waals surface area contributed by atoms with Gasteiger partial charge in [0.1, 0.15) is 5.82 Å². The molecule has 1 aromatic carbocycles. The van der Waals surface area contributed by atoms with Gasteiger partial charge in [-0.3, -0.25) is 4.79 Å². The highest BCUT2D eigenvalue weighted by Gasteiger charge is 2.13. The third-order valence-corrected chi connectivity index (χ3v) is 2.37. The summed E-state index contributed by atoms with van der Waals surface area (Å²) in [5.74, 6) is -0.941. The monoisotopic (exact) mass is 281 g/mol. The number of esters is 1. The van der Waals surface area contributed by atoms with Gasteiger partial charge in [0.25, 0.3) is 0 Å². The van der Waals surface area contributed by atoms with Crippen LogP contribution in [0.1, 0.15) is 24.9 Å². The predicted octanol–water partition coefficient (Wildman–Crippen LogP) is 2.85. The van der Waals surface area contributed by atoms with Gasteiger partial charge in [0.2, 0.25) is 0 Å². The summed E-state index contributed by atoms with van der Waals surface area (Å²) in [6.07, 6.45) is 0.0227. The molecule has 0 fully saturated rings. The highest BCUT2D eigenvalue weighted by Crippen LogP contribution is 2.21. The highest BCUT2D eigenvalue weighted by atomic mass is 35.5. The molecular formula is C11H14Cl2FNO2. The van der Waals surface area contributed by atoms with Gasteiger partial charge in [0.15, 0.2) is 0 Å². The first-order valence-electron chi connectivity index (χ1n) is 4.90. The lowest BCUT2D eigenvalue weighted by molar-refractivity contribution is -0.143. The van der Waals surface area contributed by atoms with Crippen molar-refractivity contribution < 1.29 is 13.9 Å². The molecule has 0 bridgehead atoms. The molecule has 0 aliphatic heterocycles. The second-order valence-electron chi connectivity index (χ2n) is 3.29. The van der Waals surface area contributed by atoms with Crippen LogP contribution in [0.4, 0.5) is 4.39 Å². The summed E-state index contributed by atoms with van der Waals surface area (Å²) in [5.41, 5.74) is 6.26. The van der Waals surface area contributed by atoms with E-state index < -0.39 is 17.8 Å². The molecule has 0 radical (unpaired) electrons. The predicted molar refractivity (Wildman–Crippen MR) is 66.8 cm³/mol. The Morgan fingerprint density at radius 2 is 2.24 bits per heavy atom. The average molecular weight is 282 g/mol. The maximum absolute atomic E-state index is 13.1. The van der Waals surface area contributed by atoms with Crippen molar-refractivity contribution in [2.24, 2.45) is 5.73 Å². The van der Waals surface area contributed by atoms with Gasteiger partial charge < -0.3 is 10.5 Å². The van der Waals surface area contributed by atoms with Gasteiger partial charge in [0, 0.05) is 6.04 Å². The minimum atomic E-state index is -0.578. The zero-order valence-corrected chi connectivity index (χ0v) is 10.9. The fraction of sp³-hybridized carbons (Fsp3) is 0.364. The Hall–Kier alpha value is -0.840. The molecule has 2 N–H and O–H groups in total. The topological polar surface area (TPSA) is 52.3 Å². The number of ether oxygens (including phenoxy) is 1. The number of carbonyl (C=O) groups is 1. The number of carbonyl (C=O) groups excluding carboxylic acids is 1. The smallest absolute Gasteiger partial charge is 0.307 e. The molecule has 1 atom stereocenters. The first kappa shape index (κ1) is 16.2. The summed E-state index contributed by atoms with van der Waals surface area (Å²) in [4.78, 5) is 11.2. The van der Waals surface area contributed by atoms with Crippen LogP contribution in [0.3, 0.4) is 0 Å². The molecule has 0 spiro atoms. The number of nitrogens with two attached hydrogens (primary N) is 1. The molecule has 6 heteroatoms. The van der Waals surface area contributed by atoms with Crippen molar-refractivity contribution in [1.29, 1.82) is 0 Å². The lowest BCUT2D eigenvalue weighted by Crippen LogP contribution is -2.17. The van der Waals surface area contributed by atoms with Crippen LogP contribution < -0.4 is 5.73 Å². The molecule has 1 aromatic rings. The summed E-state index contributed by atoms with van der Waals surface area (Å²) < 4.78 is 17.9. The molecule has 0 amide bonds. The summed E-state index contributed by atoms with van der Waals surface area (Å²) in [5, 5.41) is 0.0343. The molecule has 0 heterocycles. The highest BCUT2D eigenvalue weighted by molar-refractivity contribution is 6.30. The zero-order chi connectivity index (χ0) is 12.1. The molecule has 3 nitrogen and oxygen atoms in total. The molecule has 17 heavy (non-hydrogen) atoms. The summed E-state index contributed by atoms with van der Waals surface area (Å²) in [6.45, 7) is 2.02. The van der Waals surface area contributed by atoms with E-state index >= 15 is 0 Å². The Labute approximate surface area is 110 Å². The van der Waals surface area contributed by atoms with Crippen molar-refractivity contribution in [2.75, 3.05) is 6.61 Å². The van der Waals surface area contributed by atoms with Crippen molar-refractivity contribution in [1.82, 2.24) is 0 Å². The lowest BCUT2D eigenvalue weighted by Gasteiger charge is -2.11. The third kappa shape index (κ3) is 4.89. The van der Waals surface area contributed by atoms with Crippen molar-refractivity contribution in [2.45, 2.75) is 19.4 Å². The summed E-state index contributed by atoms with van der Waals surface area (Å²) >= 11 is 5.53. The Bertz CT molecular complexity index is 388. The number of halogens is 3. The second-order valence-corrected chi connectivity index (χ2v) is 3.70. The number of rotatable bonds is 4. The van der Waals surface area contributed by atoms with Crippen LogP contribution in [0.15, 0.2) is 18.2 Å². The van der Waals surface area contributed by atoms with Gasteiger partial charge in [-0.15, -0.1) is 12.4 Å². The molecule has 0 saturated heterocycles. The van der Waals surface area contributed by atoms with E-state index in [2.05, 4.69) is 0 Å². The maximum atomic E-state index is 13.1. The standard InChI is InChI=1S/C11H13ClFNO2.ClH/c1-2-16-11(15)6-10(14)7-3-4-8(12)9(13)5-7;/h3-5,10H,2,6,14H2,1H3;1H/t10-;/m0./s1. The average Bonchev–Trinajstić information content (AvgIpc) is 2.22. The number of hydrogen-bond acceptors (Lipinski definition) is 3. The maximum Gasteiger partial charge on any atom is 0.307 e. The molecule has 0 aromatic heterocycles. The zero-order valence-electron chi connectivity index (χ0n) is 9.28. The van der Waals surface area contributed by atoms with Crippen LogP contribution in [0.25, 0.3) is 0 Å². The van der Waals surface area contributed by atoms with E-state index in [1.54, 1.807) is 13.0 Å². The van der Waals surface area contributed by atoms with Crippen LogP contribution in [0, 0.1) is 5.82 Å². The van der Waals surface area contributed by atoms with Gasteiger partial charge in [-0.25, -0.2) is 4.39 Å². The summed E-state index contributed by atoms with van der Waals surface area (Å²) in [6, 6.07) is 3.66. The molecule has 0 aliphatic carbocycles. The van der Waals surface area contributed by atoms with Crippen molar-refractivity contribution in [3.05, 3.63) is 34.6 Å². The second kappa shape index (κ2) is 7.48. The molecule has 0 aliphatic rings. The minimum absolute atomic E-state index is 0. The van der Waals surface area contributed by atoms with Gasteiger partial charge >= 0.3 is 5.97 Å². The normalized spacial score (nSPS) is 11.5. The van der Waals surface area contributed by atoms with Crippen molar-refractivity contribution in [3.63, 3.8) is 0 Å². The summed E-state index contributed by atoms with van der Waals surface area (Å²) in [7, 11) is 0. The Morgan fingerprint density at radius 1 is 1.59 bits per heavy atom. The van der Waals surface area contributed by atoms with E-state index in [1.165, 1.54) is 12.1 Å². The van der Waals surface area contributed by atoms with E-state index in [0.29, 0.717) is 12.2 Å². The molecule has 1 rings (SSSR count).